The topological polar surface area (TPSA) is 94.1 Å². The monoisotopic (exact) mass is 242 g/mol. The van der Waals surface area contributed by atoms with Gasteiger partial charge in [-0.2, -0.15) is 0 Å². The lowest BCUT2D eigenvalue weighted by molar-refractivity contribution is -0.384. The van der Waals surface area contributed by atoms with Crippen molar-refractivity contribution in [3.05, 3.63) is 39.6 Å². The molecule has 6 nitrogen and oxygen atoms in total. The van der Waals surface area contributed by atoms with E-state index in [1.807, 2.05) is 0 Å². The van der Waals surface area contributed by atoms with Crippen LogP contribution in [0, 0.1) is 10.1 Å². The predicted octanol–water partition coefficient (Wildman–Crippen LogP) is 1.57. The summed E-state index contributed by atoms with van der Waals surface area (Å²) in [5.41, 5.74) is 5.11. The van der Waals surface area contributed by atoms with Gasteiger partial charge in [-0.05, 0) is 0 Å². The van der Waals surface area contributed by atoms with Crippen LogP contribution in [0.25, 0.3) is 0 Å². The predicted molar refractivity (Wildman–Crippen MR) is 62.6 cm³/mol. The van der Waals surface area contributed by atoms with E-state index in [1.165, 1.54) is 12.3 Å². The summed E-state index contributed by atoms with van der Waals surface area (Å²) in [6.07, 6.45) is 4.86. The van der Waals surface area contributed by atoms with Crippen LogP contribution < -0.4 is 11.1 Å². The molecule has 0 saturated carbocycles. The molecule has 0 radical (unpaired) electrons. The van der Waals surface area contributed by atoms with Crippen molar-refractivity contribution in [3.63, 3.8) is 0 Å². The van der Waals surface area contributed by atoms with E-state index in [2.05, 4.69) is 10.3 Å². The molecule has 0 fully saturated rings. The average molecular weight is 243 g/mol. The van der Waals surface area contributed by atoms with Crippen molar-refractivity contribution < 1.29 is 4.92 Å². The van der Waals surface area contributed by atoms with Gasteiger partial charge in [-0.1, -0.05) is 23.8 Å². The second kappa shape index (κ2) is 6.04. The van der Waals surface area contributed by atoms with Gasteiger partial charge in [0.1, 0.15) is 0 Å². The number of nitrogens with two attached hydrogens (primary N) is 1. The van der Waals surface area contributed by atoms with Crippen LogP contribution in [-0.4, -0.2) is 23.0 Å². The van der Waals surface area contributed by atoms with Crippen molar-refractivity contribution in [3.8, 4) is 0 Å². The number of nitrogens with one attached hydrogen (secondary N) is 1. The number of nitrogens with zero attached hydrogens (tertiary/aromatic N) is 2. The molecule has 86 valence electrons. The van der Waals surface area contributed by atoms with Gasteiger partial charge in [0.25, 0.3) is 0 Å². The number of halogens is 1. The molecule has 0 amide bonds. The van der Waals surface area contributed by atoms with Crippen molar-refractivity contribution in [2.24, 2.45) is 5.73 Å². The van der Waals surface area contributed by atoms with E-state index >= 15 is 0 Å². The minimum atomic E-state index is -0.534. The highest BCUT2D eigenvalue weighted by atomic mass is 35.5. The highest BCUT2D eigenvalue weighted by Crippen LogP contribution is 2.24. The molecule has 0 aromatic carbocycles. The van der Waals surface area contributed by atoms with E-state index in [0.717, 1.165) is 0 Å². The smallest absolute Gasteiger partial charge is 0.312 e. The number of nitro groups is 1. The molecular formula is C9H11ClN4O2. The molecule has 1 rings (SSSR count). The van der Waals surface area contributed by atoms with Crippen molar-refractivity contribution in [1.29, 1.82) is 0 Å². The van der Waals surface area contributed by atoms with Crippen LogP contribution in [0.1, 0.15) is 0 Å². The third-order valence-corrected chi connectivity index (χ3v) is 1.93. The first-order chi connectivity index (χ1) is 7.65. The first-order valence-corrected chi connectivity index (χ1v) is 4.92. The van der Waals surface area contributed by atoms with Crippen LogP contribution in [0.4, 0.5) is 11.5 Å². The molecule has 0 spiro atoms. The van der Waals surface area contributed by atoms with Crippen LogP contribution in [0.3, 0.4) is 0 Å². The maximum Gasteiger partial charge on any atom is 0.312 e. The van der Waals surface area contributed by atoms with Gasteiger partial charge in [0.05, 0.1) is 9.95 Å². The Morgan fingerprint density at radius 2 is 2.38 bits per heavy atom. The lowest BCUT2D eigenvalue weighted by atomic mass is 10.4. The fourth-order valence-corrected chi connectivity index (χ4v) is 1.19. The highest BCUT2D eigenvalue weighted by molar-refractivity contribution is 6.30. The molecule has 0 aliphatic heterocycles. The SMILES string of the molecule is NC/C=C/CNc1ncc(Cl)cc1[N+](=O)[O-]. The lowest BCUT2D eigenvalue weighted by Crippen LogP contribution is -2.05. The first-order valence-electron chi connectivity index (χ1n) is 4.54. The van der Waals surface area contributed by atoms with Gasteiger partial charge in [0, 0.05) is 25.4 Å². The maximum absolute atomic E-state index is 10.7. The Bertz CT molecular complexity index is 408. The molecule has 7 heteroatoms. The van der Waals surface area contributed by atoms with Crippen LogP contribution in [0.2, 0.25) is 5.02 Å². The molecule has 0 aliphatic rings. The summed E-state index contributed by atoms with van der Waals surface area (Å²) >= 11 is 5.62. The summed E-state index contributed by atoms with van der Waals surface area (Å²) in [5, 5.41) is 13.7. The van der Waals surface area contributed by atoms with Gasteiger partial charge in [-0.3, -0.25) is 10.1 Å². The van der Waals surface area contributed by atoms with Crippen molar-refractivity contribution in [2.75, 3.05) is 18.4 Å². The summed E-state index contributed by atoms with van der Waals surface area (Å²) in [7, 11) is 0. The Morgan fingerprint density at radius 3 is 3.00 bits per heavy atom. The molecular weight excluding hydrogens is 232 g/mol. The number of hydrogen-bond acceptors (Lipinski definition) is 5. The highest BCUT2D eigenvalue weighted by Gasteiger charge is 2.14. The van der Waals surface area contributed by atoms with Crippen molar-refractivity contribution >= 4 is 23.1 Å². The Balaban J connectivity index is 2.78. The fourth-order valence-electron chi connectivity index (χ4n) is 1.04. The molecule has 3 N–H and O–H groups in total. The molecule has 0 unspecified atom stereocenters. The first kappa shape index (κ1) is 12.4. The number of hydrogen-bond donors (Lipinski definition) is 2. The Hall–Kier alpha value is -1.66. The zero-order valence-electron chi connectivity index (χ0n) is 8.39. The van der Waals surface area contributed by atoms with Crippen LogP contribution in [0.5, 0.6) is 0 Å². The summed E-state index contributed by atoms with van der Waals surface area (Å²) in [6.45, 7) is 0.852. The third kappa shape index (κ3) is 3.48. The summed E-state index contributed by atoms with van der Waals surface area (Å²) in [4.78, 5) is 14.0. The Morgan fingerprint density at radius 1 is 1.62 bits per heavy atom. The van der Waals surface area contributed by atoms with E-state index in [-0.39, 0.29) is 16.5 Å². The van der Waals surface area contributed by atoms with Gasteiger partial charge < -0.3 is 11.1 Å². The minimum Gasteiger partial charge on any atom is -0.361 e. The van der Waals surface area contributed by atoms with Crippen LogP contribution in [-0.2, 0) is 0 Å². The van der Waals surface area contributed by atoms with E-state index in [0.29, 0.717) is 13.1 Å². The Labute approximate surface area is 97.3 Å². The summed E-state index contributed by atoms with van der Waals surface area (Å²) < 4.78 is 0. The number of pyridine rings is 1. The average Bonchev–Trinajstić information content (AvgIpc) is 2.26. The minimum absolute atomic E-state index is 0.145. The molecule has 1 aromatic rings. The molecule has 1 heterocycles. The molecule has 0 saturated heterocycles. The van der Waals surface area contributed by atoms with Gasteiger partial charge in [0.15, 0.2) is 0 Å². The second-order valence-corrected chi connectivity index (χ2v) is 3.30. The zero-order chi connectivity index (χ0) is 12.0. The number of rotatable bonds is 5. The normalized spacial score (nSPS) is 10.6. The molecule has 1 aromatic heterocycles. The molecule has 0 aliphatic carbocycles. The quantitative estimate of drug-likeness (QED) is 0.464. The largest absolute Gasteiger partial charge is 0.361 e. The van der Waals surface area contributed by atoms with Crippen LogP contribution in [0.15, 0.2) is 24.4 Å². The summed E-state index contributed by atoms with van der Waals surface area (Å²) in [6, 6.07) is 1.25. The van der Waals surface area contributed by atoms with Crippen molar-refractivity contribution in [2.45, 2.75) is 0 Å². The van der Waals surface area contributed by atoms with Gasteiger partial charge in [-0.25, -0.2) is 4.98 Å². The van der Waals surface area contributed by atoms with Gasteiger partial charge in [0.2, 0.25) is 5.82 Å². The van der Waals surface area contributed by atoms with E-state index < -0.39 is 4.92 Å². The summed E-state index contributed by atoms with van der Waals surface area (Å²) in [5.74, 6) is 0.191. The molecule has 0 bridgehead atoms. The van der Waals surface area contributed by atoms with Crippen molar-refractivity contribution in [1.82, 2.24) is 4.98 Å². The lowest BCUT2D eigenvalue weighted by Gasteiger charge is -2.03. The number of anilines is 1. The molecule has 0 atom stereocenters. The second-order valence-electron chi connectivity index (χ2n) is 2.87. The number of aromatic nitrogens is 1. The third-order valence-electron chi connectivity index (χ3n) is 1.72. The van der Waals surface area contributed by atoms with Gasteiger partial charge in [-0.15, -0.1) is 0 Å². The van der Waals surface area contributed by atoms with E-state index in [4.69, 9.17) is 17.3 Å². The maximum atomic E-state index is 10.7. The van der Waals surface area contributed by atoms with Crippen LogP contribution >= 0.6 is 11.6 Å². The van der Waals surface area contributed by atoms with Gasteiger partial charge >= 0.3 is 5.69 Å². The standard InChI is InChI=1S/C9H11ClN4O2/c10-7-5-8(14(15)16)9(13-6-7)12-4-2-1-3-11/h1-2,5-6H,3-4,11H2,(H,12,13)/b2-1+. The van der Waals surface area contributed by atoms with E-state index in [9.17, 15) is 10.1 Å². The zero-order valence-corrected chi connectivity index (χ0v) is 9.15. The Kier molecular flexibility index (Phi) is 4.68. The molecule has 16 heavy (non-hydrogen) atoms. The van der Waals surface area contributed by atoms with E-state index in [1.54, 1.807) is 12.2 Å². The fraction of sp³-hybridized carbons (Fsp3) is 0.222.